The van der Waals surface area contributed by atoms with Crippen LogP contribution in [0.4, 0.5) is 5.69 Å². The lowest BCUT2D eigenvalue weighted by molar-refractivity contribution is -0.119. The summed E-state index contributed by atoms with van der Waals surface area (Å²) in [4.78, 5) is 12.3. The lowest BCUT2D eigenvalue weighted by Crippen LogP contribution is -2.25. The van der Waals surface area contributed by atoms with Gasteiger partial charge in [-0.05, 0) is 32.0 Å². The molecule has 0 bridgehead atoms. The summed E-state index contributed by atoms with van der Waals surface area (Å²) in [6.07, 6.45) is 0. The zero-order chi connectivity index (χ0) is 16.4. The van der Waals surface area contributed by atoms with E-state index < -0.39 is 0 Å². The Hall–Kier alpha value is -1.23. The Kier molecular flexibility index (Phi) is 5.37. The molecular weight excluding hydrogens is 345 g/mol. The number of halogens is 3. The van der Waals surface area contributed by atoms with Gasteiger partial charge < -0.3 is 5.32 Å². The summed E-state index contributed by atoms with van der Waals surface area (Å²) in [5.41, 5.74) is 2.22. The second kappa shape index (κ2) is 6.90. The number of anilines is 1. The van der Waals surface area contributed by atoms with Gasteiger partial charge in [0.1, 0.15) is 0 Å². The predicted molar refractivity (Wildman–Crippen MR) is 91.0 cm³/mol. The SMILES string of the molecule is Cc1nn(CC(C)C(=O)Nc2ccc(Cl)c(Cl)c2)c(C)c1Cl. The van der Waals surface area contributed by atoms with Crippen LogP contribution in [0.1, 0.15) is 18.3 Å². The van der Waals surface area contributed by atoms with E-state index in [9.17, 15) is 4.79 Å². The van der Waals surface area contributed by atoms with E-state index in [1.807, 2.05) is 20.8 Å². The van der Waals surface area contributed by atoms with Crippen molar-refractivity contribution in [2.24, 2.45) is 5.92 Å². The molecule has 0 saturated heterocycles. The number of aryl methyl sites for hydroxylation is 1. The van der Waals surface area contributed by atoms with Crippen LogP contribution in [-0.2, 0) is 11.3 Å². The van der Waals surface area contributed by atoms with Gasteiger partial charge in [-0.2, -0.15) is 5.10 Å². The molecule has 118 valence electrons. The molecule has 0 aliphatic rings. The molecule has 0 fully saturated rings. The van der Waals surface area contributed by atoms with Crippen LogP contribution in [0.2, 0.25) is 15.1 Å². The molecule has 0 saturated carbocycles. The van der Waals surface area contributed by atoms with Crippen LogP contribution in [0.25, 0.3) is 0 Å². The van der Waals surface area contributed by atoms with Crippen LogP contribution in [0.3, 0.4) is 0 Å². The molecular formula is C15H16Cl3N3O. The first kappa shape index (κ1) is 17.1. The van der Waals surface area contributed by atoms with Crippen molar-refractivity contribution in [2.45, 2.75) is 27.3 Å². The van der Waals surface area contributed by atoms with Gasteiger partial charge in [0, 0.05) is 5.69 Å². The number of hydrogen-bond acceptors (Lipinski definition) is 2. The average Bonchev–Trinajstić information content (AvgIpc) is 2.70. The molecule has 1 aromatic carbocycles. The number of hydrogen-bond donors (Lipinski definition) is 1. The zero-order valence-electron chi connectivity index (χ0n) is 12.5. The normalized spacial score (nSPS) is 12.3. The van der Waals surface area contributed by atoms with Crippen molar-refractivity contribution in [3.8, 4) is 0 Å². The maximum atomic E-state index is 12.3. The van der Waals surface area contributed by atoms with Gasteiger partial charge in [0.2, 0.25) is 5.91 Å². The van der Waals surface area contributed by atoms with Gasteiger partial charge in [-0.25, -0.2) is 0 Å². The monoisotopic (exact) mass is 359 g/mol. The third-order valence-corrected chi connectivity index (χ3v) is 4.66. The second-order valence-electron chi connectivity index (χ2n) is 5.19. The van der Waals surface area contributed by atoms with E-state index in [0.717, 1.165) is 11.4 Å². The number of nitrogens with one attached hydrogen (secondary N) is 1. The van der Waals surface area contributed by atoms with E-state index in [4.69, 9.17) is 34.8 Å². The van der Waals surface area contributed by atoms with Gasteiger partial charge in [0.05, 0.1) is 38.9 Å². The van der Waals surface area contributed by atoms with Crippen LogP contribution in [0, 0.1) is 19.8 Å². The molecule has 22 heavy (non-hydrogen) atoms. The summed E-state index contributed by atoms with van der Waals surface area (Å²) < 4.78 is 1.75. The Morgan fingerprint density at radius 2 is 1.95 bits per heavy atom. The molecule has 0 aliphatic heterocycles. The number of rotatable bonds is 4. The summed E-state index contributed by atoms with van der Waals surface area (Å²) in [5.74, 6) is -0.398. The first-order valence-corrected chi connectivity index (χ1v) is 7.88. The van der Waals surface area contributed by atoms with Crippen LogP contribution in [0.5, 0.6) is 0 Å². The second-order valence-corrected chi connectivity index (χ2v) is 6.38. The number of nitrogens with zero attached hydrogens (tertiary/aromatic N) is 2. The van der Waals surface area contributed by atoms with Crippen LogP contribution in [0.15, 0.2) is 18.2 Å². The molecule has 1 unspecified atom stereocenters. The van der Waals surface area contributed by atoms with Crippen molar-refractivity contribution >= 4 is 46.4 Å². The van der Waals surface area contributed by atoms with Gasteiger partial charge in [0.25, 0.3) is 0 Å². The average molecular weight is 361 g/mol. The van der Waals surface area contributed by atoms with Gasteiger partial charge in [-0.3, -0.25) is 9.48 Å². The van der Waals surface area contributed by atoms with E-state index in [-0.39, 0.29) is 11.8 Å². The molecule has 1 amide bonds. The third kappa shape index (κ3) is 3.75. The van der Waals surface area contributed by atoms with Crippen molar-refractivity contribution in [1.82, 2.24) is 9.78 Å². The molecule has 1 heterocycles. The van der Waals surface area contributed by atoms with Crippen molar-refractivity contribution in [3.63, 3.8) is 0 Å². The predicted octanol–water partition coefficient (Wildman–Crippen LogP) is 4.73. The van der Waals surface area contributed by atoms with E-state index in [2.05, 4.69) is 10.4 Å². The van der Waals surface area contributed by atoms with Crippen LogP contribution in [-0.4, -0.2) is 15.7 Å². The molecule has 2 aromatic rings. The molecule has 1 atom stereocenters. The molecule has 1 N–H and O–H groups in total. The Morgan fingerprint density at radius 3 is 2.50 bits per heavy atom. The van der Waals surface area contributed by atoms with Gasteiger partial charge in [-0.1, -0.05) is 41.7 Å². The van der Waals surface area contributed by atoms with E-state index in [1.54, 1.807) is 22.9 Å². The van der Waals surface area contributed by atoms with Gasteiger partial charge in [-0.15, -0.1) is 0 Å². The zero-order valence-corrected chi connectivity index (χ0v) is 14.7. The molecule has 2 rings (SSSR count). The van der Waals surface area contributed by atoms with Crippen LogP contribution >= 0.6 is 34.8 Å². The van der Waals surface area contributed by atoms with E-state index in [1.165, 1.54) is 0 Å². The fourth-order valence-corrected chi connectivity index (χ4v) is 2.47. The Morgan fingerprint density at radius 1 is 1.27 bits per heavy atom. The maximum Gasteiger partial charge on any atom is 0.229 e. The number of carbonyl (C=O) groups is 1. The van der Waals surface area contributed by atoms with Crippen LogP contribution < -0.4 is 5.32 Å². The lowest BCUT2D eigenvalue weighted by Gasteiger charge is -2.14. The molecule has 0 spiro atoms. The summed E-state index contributed by atoms with van der Waals surface area (Å²) in [5, 5.41) is 8.63. The third-order valence-electron chi connectivity index (χ3n) is 3.37. The first-order valence-electron chi connectivity index (χ1n) is 6.75. The quantitative estimate of drug-likeness (QED) is 0.856. The molecule has 0 aliphatic carbocycles. The Labute approximate surface area is 144 Å². The van der Waals surface area contributed by atoms with Crippen molar-refractivity contribution in [3.05, 3.63) is 44.7 Å². The fraction of sp³-hybridized carbons (Fsp3) is 0.333. The Balaban J connectivity index is 2.05. The highest BCUT2D eigenvalue weighted by atomic mass is 35.5. The minimum Gasteiger partial charge on any atom is -0.326 e. The lowest BCUT2D eigenvalue weighted by atomic mass is 10.1. The summed E-state index contributed by atoms with van der Waals surface area (Å²) in [6.45, 7) is 6.00. The number of carbonyl (C=O) groups excluding carboxylic acids is 1. The molecule has 4 nitrogen and oxygen atoms in total. The van der Waals surface area contributed by atoms with Gasteiger partial charge in [0.15, 0.2) is 0 Å². The highest BCUT2D eigenvalue weighted by Gasteiger charge is 2.17. The minimum atomic E-state index is -0.275. The van der Waals surface area contributed by atoms with Crippen molar-refractivity contribution in [1.29, 1.82) is 0 Å². The Bertz CT molecular complexity index is 712. The molecule has 7 heteroatoms. The van der Waals surface area contributed by atoms with Crippen molar-refractivity contribution in [2.75, 3.05) is 5.32 Å². The largest absolute Gasteiger partial charge is 0.326 e. The highest BCUT2D eigenvalue weighted by Crippen LogP contribution is 2.25. The van der Waals surface area contributed by atoms with E-state index >= 15 is 0 Å². The van der Waals surface area contributed by atoms with Gasteiger partial charge >= 0.3 is 0 Å². The topological polar surface area (TPSA) is 46.9 Å². The smallest absolute Gasteiger partial charge is 0.229 e. The first-order chi connectivity index (χ1) is 10.3. The summed E-state index contributed by atoms with van der Waals surface area (Å²) in [7, 11) is 0. The summed E-state index contributed by atoms with van der Waals surface area (Å²) >= 11 is 17.9. The van der Waals surface area contributed by atoms with Crippen molar-refractivity contribution < 1.29 is 4.79 Å². The molecule has 1 aromatic heterocycles. The highest BCUT2D eigenvalue weighted by molar-refractivity contribution is 6.42. The van der Waals surface area contributed by atoms with E-state index in [0.29, 0.717) is 27.3 Å². The standard InChI is InChI=1S/C15H16Cl3N3O/c1-8(7-21-10(3)14(18)9(2)20-21)15(22)19-11-4-5-12(16)13(17)6-11/h4-6,8H,7H2,1-3H3,(H,19,22). The summed E-state index contributed by atoms with van der Waals surface area (Å²) in [6, 6.07) is 4.97. The minimum absolute atomic E-state index is 0.123. The fourth-order valence-electron chi connectivity index (χ4n) is 2.03. The number of benzene rings is 1. The maximum absolute atomic E-state index is 12.3. The number of amides is 1. The number of aromatic nitrogens is 2. The molecule has 0 radical (unpaired) electrons.